The van der Waals surface area contributed by atoms with Crippen molar-refractivity contribution in [3.8, 4) is 11.5 Å². The molecule has 2 rings (SSSR count). The van der Waals surface area contributed by atoms with E-state index in [2.05, 4.69) is 20.9 Å². The van der Waals surface area contributed by atoms with E-state index < -0.39 is 6.10 Å². The van der Waals surface area contributed by atoms with Gasteiger partial charge in [0.2, 0.25) is 5.89 Å². The van der Waals surface area contributed by atoms with Gasteiger partial charge in [0.1, 0.15) is 5.76 Å². The van der Waals surface area contributed by atoms with Gasteiger partial charge in [-0.2, -0.15) is 0 Å². The molecule has 3 nitrogen and oxygen atoms in total. The lowest BCUT2D eigenvalue weighted by Crippen LogP contribution is -2.02. The predicted octanol–water partition coefficient (Wildman–Crippen LogP) is 3.03. The molecule has 0 radical (unpaired) electrons. The van der Waals surface area contributed by atoms with Crippen molar-refractivity contribution in [2.24, 2.45) is 0 Å². The highest BCUT2D eigenvalue weighted by molar-refractivity contribution is 9.10. The van der Waals surface area contributed by atoms with Crippen LogP contribution in [0.1, 0.15) is 12.7 Å². The molecule has 1 unspecified atom stereocenters. The average molecular weight is 282 g/mol. The Labute approximate surface area is 102 Å². The maximum absolute atomic E-state index is 9.24. The van der Waals surface area contributed by atoms with Gasteiger partial charge in [0.05, 0.1) is 17.9 Å². The Balaban J connectivity index is 2.28. The molecule has 1 aromatic carbocycles. The third-order valence-corrected chi connectivity index (χ3v) is 2.85. The van der Waals surface area contributed by atoms with Crippen molar-refractivity contribution >= 4 is 15.9 Å². The quantitative estimate of drug-likeness (QED) is 0.941. The lowest BCUT2D eigenvalue weighted by molar-refractivity contribution is 0.187. The Morgan fingerprint density at radius 2 is 2.19 bits per heavy atom. The van der Waals surface area contributed by atoms with Crippen molar-refractivity contribution in [3.05, 3.63) is 40.7 Å². The van der Waals surface area contributed by atoms with Crippen LogP contribution in [0.2, 0.25) is 0 Å². The second kappa shape index (κ2) is 4.80. The van der Waals surface area contributed by atoms with E-state index in [9.17, 15) is 5.11 Å². The number of halogens is 1. The molecule has 0 aliphatic heterocycles. The van der Waals surface area contributed by atoms with Crippen LogP contribution in [0.3, 0.4) is 0 Å². The zero-order valence-corrected chi connectivity index (χ0v) is 10.4. The molecule has 4 heteroatoms. The first-order chi connectivity index (χ1) is 7.66. The number of aromatic nitrogens is 1. The van der Waals surface area contributed by atoms with Gasteiger partial charge in [-0.05, 0) is 35.0 Å². The van der Waals surface area contributed by atoms with E-state index >= 15 is 0 Å². The Morgan fingerprint density at radius 1 is 1.44 bits per heavy atom. The van der Waals surface area contributed by atoms with Crippen molar-refractivity contribution in [2.45, 2.75) is 19.4 Å². The van der Waals surface area contributed by atoms with Crippen molar-refractivity contribution < 1.29 is 9.52 Å². The van der Waals surface area contributed by atoms with Crippen LogP contribution in [0.25, 0.3) is 11.5 Å². The minimum absolute atomic E-state index is 0.417. The molecule has 1 atom stereocenters. The van der Waals surface area contributed by atoms with Crippen LogP contribution in [-0.4, -0.2) is 16.2 Å². The average Bonchev–Trinajstić information content (AvgIpc) is 2.66. The van der Waals surface area contributed by atoms with Crippen LogP contribution in [0.15, 0.2) is 39.4 Å². The number of oxazole rings is 1. The summed E-state index contributed by atoms with van der Waals surface area (Å²) in [6, 6.07) is 7.74. The molecule has 2 aromatic rings. The van der Waals surface area contributed by atoms with E-state index in [1.165, 1.54) is 0 Å². The van der Waals surface area contributed by atoms with Gasteiger partial charge in [-0.3, -0.25) is 0 Å². The van der Waals surface area contributed by atoms with Crippen molar-refractivity contribution in [1.82, 2.24) is 4.98 Å². The van der Waals surface area contributed by atoms with Gasteiger partial charge >= 0.3 is 0 Å². The van der Waals surface area contributed by atoms with Crippen LogP contribution < -0.4 is 0 Å². The maximum Gasteiger partial charge on any atom is 0.227 e. The van der Waals surface area contributed by atoms with E-state index in [1.54, 1.807) is 13.1 Å². The fourth-order valence-corrected chi connectivity index (χ4v) is 1.91. The van der Waals surface area contributed by atoms with E-state index in [0.717, 1.165) is 10.0 Å². The monoisotopic (exact) mass is 281 g/mol. The van der Waals surface area contributed by atoms with Crippen LogP contribution in [-0.2, 0) is 6.42 Å². The van der Waals surface area contributed by atoms with E-state index in [1.807, 2.05) is 24.3 Å². The predicted molar refractivity (Wildman–Crippen MR) is 65.0 cm³/mol. The molecular weight excluding hydrogens is 270 g/mol. The van der Waals surface area contributed by atoms with Gasteiger partial charge in [0.25, 0.3) is 0 Å². The number of rotatable bonds is 3. The first-order valence-electron chi connectivity index (χ1n) is 5.04. The Hall–Kier alpha value is -1.13. The minimum atomic E-state index is -0.417. The standard InChI is InChI=1S/C12H12BrNO2/c1-8(15)6-9-7-14-12(16-9)10-4-2-3-5-11(10)13/h2-5,7-8,15H,6H2,1H3. The van der Waals surface area contributed by atoms with Gasteiger partial charge in [-0.15, -0.1) is 0 Å². The van der Waals surface area contributed by atoms with Gasteiger partial charge in [-0.1, -0.05) is 12.1 Å². The molecule has 0 saturated carbocycles. The van der Waals surface area contributed by atoms with Crippen molar-refractivity contribution in [1.29, 1.82) is 0 Å². The van der Waals surface area contributed by atoms with E-state index in [-0.39, 0.29) is 0 Å². The molecule has 1 aromatic heterocycles. The third-order valence-electron chi connectivity index (χ3n) is 2.15. The number of hydrogen-bond donors (Lipinski definition) is 1. The highest BCUT2D eigenvalue weighted by Gasteiger charge is 2.10. The number of nitrogens with zero attached hydrogens (tertiary/aromatic N) is 1. The lowest BCUT2D eigenvalue weighted by atomic mass is 10.2. The zero-order chi connectivity index (χ0) is 11.5. The smallest absolute Gasteiger partial charge is 0.227 e. The summed E-state index contributed by atoms with van der Waals surface area (Å²) in [5.41, 5.74) is 0.916. The first-order valence-corrected chi connectivity index (χ1v) is 5.84. The second-order valence-electron chi connectivity index (χ2n) is 3.66. The summed E-state index contributed by atoms with van der Waals surface area (Å²) in [6.07, 6.45) is 1.72. The van der Waals surface area contributed by atoms with Crippen LogP contribution in [0.4, 0.5) is 0 Å². The summed E-state index contributed by atoms with van der Waals surface area (Å²) in [5.74, 6) is 1.27. The molecule has 0 bridgehead atoms. The van der Waals surface area contributed by atoms with Crippen LogP contribution in [0.5, 0.6) is 0 Å². The molecule has 0 spiro atoms. The van der Waals surface area contributed by atoms with Gasteiger partial charge in [0, 0.05) is 10.9 Å². The van der Waals surface area contributed by atoms with Crippen LogP contribution >= 0.6 is 15.9 Å². The Bertz CT molecular complexity index is 479. The van der Waals surface area contributed by atoms with E-state index in [4.69, 9.17) is 4.42 Å². The summed E-state index contributed by atoms with van der Waals surface area (Å²) >= 11 is 3.44. The largest absolute Gasteiger partial charge is 0.441 e. The number of benzene rings is 1. The number of hydrogen-bond acceptors (Lipinski definition) is 3. The van der Waals surface area contributed by atoms with Crippen molar-refractivity contribution in [2.75, 3.05) is 0 Å². The second-order valence-corrected chi connectivity index (χ2v) is 4.52. The maximum atomic E-state index is 9.24. The highest BCUT2D eigenvalue weighted by atomic mass is 79.9. The summed E-state index contributed by atoms with van der Waals surface area (Å²) in [6.45, 7) is 1.72. The van der Waals surface area contributed by atoms with Gasteiger partial charge in [0.15, 0.2) is 0 Å². The normalized spacial score (nSPS) is 12.7. The van der Waals surface area contributed by atoms with Gasteiger partial charge < -0.3 is 9.52 Å². The molecule has 0 fully saturated rings. The number of aliphatic hydroxyl groups is 1. The molecule has 0 saturated heterocycles. The third kappa shape index (κ3) is 2.51. The minimum Gasteiger partial charge on any atom is -0.441 e. The topological polar surface area (TPSA) is 46.3 Å². The van der Waals surface area contributed by atoms with Crippen LogP contribution in [0, 0.1) is 0 Å². The van der Waals surface area contributed by atoms with Crippen molar-refractivity contribution in [3.63, 3.8) is 0 Å². The molecule has 0 amide bonds. The first kappa shape index (κ1) is 11.4. The molecule has 0 aliphatic carbocycles. The summed E-state index contributed by atoms with van der Waals surface area (Å²) in [5, 5.41) is 9.24. The van der Waals surface area contributed by atoms with E-state index in [0.29, 0.717) is 18.1 Å². The summed E-state index contributed by atoms with van der Waals surface area (Å²) < 4.78 is 6.51. The number of aliphatic hydroxyl groups excluding tert-OH is 1. The molecule has 84 valence electrons. The SMILES string of the molecule is CC(O)Cc1cnc(-c2ccccc2Br)o1. The Morgan fingerprint density at radius 3 is 2.88 bits per heavy atom. The lowest BCUT2D eigenvalue weighted by Gasteiger charge is -2.00. The van der Waals surface area contributed by atoms with Gasteiger partial charge in [-0.25, -0.2) is 4.98 Å². The summed E-state index contributed by atoms with van der Waals surface area (Å²) in [4.78, 5) is 4.19. The fraction of sp³-hybridized carbons (Fsp3) is 0.250. The molecule has 1 heterocycles. The molecule has 0 aliphatic rings. The zero-order valence-electron chi connectivity index (χ0n) is 8.85. The molecular formula is C12H12BrNO2. The molecule has 16 heavy (non-hydrogen) atoms. The summed E-state index contributed by atoms with van der Waals surface area (Å²) in [7, 11) is 0. The Kier molecular flexibility index (Phi) is 3.41. The molecule has 1 N–H and O–H groups in total. The highest BCUT2D eigenvalue weighted by Crippen LogP contribution is 2.27. The fourth-order valence-electron chi connectivity index (χ4n) is 1.45.